The van der Waals surface area contributed by atoms with E-state index in [9.17, 15) is 8.78 Å². The second kappa shape index (κ2) is 6.06. The summed E-state index contributed by atoms with van der Waals surface area (Å²) in [6.07, 6.45) is 0. The van der Waals surface area contributed by atoms with E-state index in [0.717, 1.165) is 0 Å². The molecule has 1 unspecified atom stereocenters. The van der Waals surface area contributed by atoms with Crippen molar-refractivity contribution in [1.29, 1.82) is 0 Å². The molecule has 0 aliphatic heterocycles. The molecule has 0 spiro atoms. The maximum absolute atomic E-state index is 14.1. The van der Waals surface area contributed by atoms with E-state index in [-0.39, 0.29) is 16.1 Å². The highest BCUT2D eigenvalue weighted by Crippen LogP contribution is 2.34. The van der Waals surface area contributed by atoms with Gasteiger partial charge in [-0.25, -0.2) is 14.2 Å². The molecule has 0 radical (unpaired) electrons. The van der Waals surface area contributed by atoms with E-state index in [0.29, 0.717) is 10.6 Å². The molecule has 2 nitrogen and oxygen atoms in total. The first-order chi connectivity index (χ1) is 9.47. The first-order valence-electron chi connectivity index (χ1n) is 5.82. The molecule has 0 aliphatic rings. The Bertz CT molecular complexity index is 647. The monoisotopic (exact) mass is 316 g/mol. The number of hydrogen-bond acceptors (Lipinski definition) is 2. The molecule has 6 heteroatoms. The lowest BCUT2D eigenvalue weighted by atomic mass is 9.97. The second-order valence-corrected chi connectivity index (χ2v) is 5.13. The fraction of sp³-hybridized carbons (Fsp3) is 0.143. The number of nitrogens with one attached hydrogen (secondary N) is 1. The molecule has 0 heterocycles. The lowest BCUT2D eigenvalue weighted by Gasteiger charge is -2.20. The van der Waals surface area contributed by atoms with Gasteiger partial charge in [-0.3, -0.25) is 5.84 Å². The van der Waals surface area contributed by atoms with Crippen LogP contribution in [0, 0.1) is 18.6 Å². The zero-order valence-electron chi connectivity index (χ0n) is 10.6. The SMILES string of the molecule is Cc1ccc(C(NN)c2cccc(Cl)c2Cl)c(F)c1F. The third kappa shape index (κ3) is 2.65. The summed E-state index contributed by atoms with van der Waals surface area (Å²) in [4.78, 5) is 0. The van der Waals surface area contributed by atoms with Crippen LogP contribution in [0.2, 0.25) is 10.0 Å². The number of aryl methyl sites for hydroxylation is 1. The van der Waals surface area contributed by atoms with E-state index in [1.165, 1.54) is 19.1 Å². The molecule has 0 aliphatic carbocycles. The van der Waals surface area contributed by atoms with Gasteiger partial charge in [0.25, 0.3) is 0 Å². The Kier molecular flexibility index (Phi) is 4.60. The van der Waals surface area contributed by atoms with Crippen LogP contribution in [0.25, 0.3) is 0 Å². The highest BCUT2D eigenvalue weighted by atomic mass is 35.5. The predicted octanol–water partition coefficient (Wildman–Crippen LogP) is 4.13. The highest BCUT2D eigenvalue weighted by Gasteiger charge is 2.22. The van der Waals surface area contributed by atoms with Gasteiger partial charge >= 0.3 is 0 Å². The van der Waals surface area contributed by atoms with Crippen LogP contribution in [0.3, 0.4) is 0 Å². The minimum absolute atomic E-state index is 0.0692. The van der Waals surface area contributed by atoms with Crippen molar-refractivity contribution in [2.45, 2.75) is 13.0 Å². The molecule has 0 saturated carbocycles. The van der Waals surface area contributed by atoms with Gasteiger partial charge in [-0.05, 0) is 24.1 Å². The van der Waals surface area contributed by atoms with Gasteiger partial charge in [0.2, 0.25) is 0 Å². The Balaban J connectivity index is 2.59. The number of hydrazine groups is 1. The van der Waals surface area contributed by atoms with Crippen molar-refractivity contribution in [1.82, 2.24) is 5.43 Å². The Morgan fingerprint density at radius 3 is 2.40 bits per heavy atom. The first-order valence-corrected chi connectivity index (χ1v) is 6.57. The van der Waals surface area contributed by atoms with E-state index in [1.54, 1.807) is 18.2 Å². The van der Waals surface area contributed by atoms with Crippen LogP contribution in [-0.4, -0.2) is 0 Å². The van der Waals surface area contributed by atoms with Gasteiger partial charge in [-0.15, -0.1) is 0 Å². The van der Waals surface area contributed by atoms with E-state index in [2.05, 4.69) is 5.43 Å². The Hall–Kier alpha value is -1.20. The molecular formula is C14H12Cl2F2N2. The van der Waals surface area contributed by atoms with Gasteiger partial charge in [-0.2, -0.15) is 0 Å². The molecule has 1 atom stereocenters. The number of hydrogen-bond donors (Lipinski definition) is 2. The van der Waals surface area contributed by atoms with Crippen LogP contribution >= 0.6 is 23.2 Å². The predicted molar refractivity (Wildman–Crippen MR) is 76.7 cm³/mol. The Morgan fingerprint density at radius 2 is 1.75 bits per heavy atom. The van der Waals surface area contributed by atoms with Crippen molar-refractivity contribution in [3.8, 4) is 0 Å². The molecule has 3 N–H and O–H groups in total. The summed E-state index contributed by atoms with van der Waals surface area (Å²) in [7, 11) is 0. The van der Waals surface area contributed by atoms with Gasteiger partial charge in [-0.1, -0.05) is 47.5 Å². The quantitative estimate of drug-likeness (QED) is 0.660. The van der Waals surface area contributed by atoms with E-state index in [4.69, 9.17) is 29.0 Å². The molecule has 0 aromatic heterocycles. The zero-order valence-corrected chi connectivity index (χ0v) is 12.1. The van der Waals surface area contributed by atoms with Crippen molar-refractivity contribution in [3.05, 3.63) is 68.7 Å². The van der Waals surface area contributed by atoms with Gasteiger partial charge in [0.1, 0.15) is 0 Å². The molecular weight excluding hydrogens is 305 g/mol. The van der Waals surface area contributed by atoms with Gasteiger partial charge < -0.3 is 0 Å². The molecule has 0 bridgehead atoms. The standard InChI is InChI=1S/C14H12Cl2F2N2/c1-7-5-6-9(13(18)12(7)17)14(20-19)8-3-2-4-10(15)11(8)16/h2-6,14,20H,19H2,1H3. The van der Waals surface area contributed by atoms with Crippen LogP contribution in [0.1, 0.15) is 22.7 Å². The van der Waals surface area contributed by atoms with Crippen molar-refractivity contribution < 1.29 is 8.78 Å². The zero-order chi connectivity index (χ0) is 14.9. The smallest absolute Gasteiger partial charge is 0.164 e. The van der Waals surface area contributed by atoms with Crippen molar-refractivity contribution >= 4 is 23.2 Å². The van der Waals surface area contributed by atoms with Crippen LogP contribution in [0.5, 0.6) is 0 Å². The van der Waals surface area contributed by atoms with E-state index in [1.807, 2.05) is 0 Å². The lowest BCUT2D eigenvalue weighted by Crippen LogP contribution is -2.30. The summed E-state index contributed by atoms with van der Waals surface area (Å²) in [5.41, 5.74) is 3.21. The highest BCUT2D eigenvalue weighted by molar-refractivity contribution is 6.42. The van der Waals surface area contributed by atoms with Crippen LogP contribution in [0.4, 0.5) is 8.78 Å². The molecule has 2 aromatic rings. The lowest BCUT2D eigenvalue weighted by molar-refractivity contribution is 0.478. The number of rotatable bonds is 3. The summed E-state index contributed by atoms with van der Waals surface area (Å²) in [5, 5.41) is 0.565. The third-order valence-electron chi connectivity index (χ3n) is 3.08. The summed E-state index contributed by atoms with van der Waals surface area (Å²) >= 11 is 12.0. The average Bonchev–Trinajstić information content (AvgIpc) is 2.44. The fourth-order valence-electron chi connectivity index (χ4n) is 1.97. The van der Waals surface area contributed by atoms with E-state index < -0.39 is 17.7 Å². The second-order valence-electron chi connectivity index (χ2n) is 4.34. The minimum atomic E-state index is -0.955. The number of benzene rings is 2. The summed E-state index contributed by atoms with van der Waals surface area (Å²) < 4.78 is 27.8. The molecule has 20 heavy (non-hydrogen) atoms. The third-order valence-corrected chi connectivity index (χ3v) is 3.91. The van der Waals surface area contributed by atoms with Gasteiger partial charge in [0.05, 0.1) is 16.1 Å². The Labute approximate surface area is 125 Å². The first kappa shape index (κ1) is 15.2. The van der Waals surface area contributed by atoms with Crippen molar-refractivity contribution in [3.63, 3.8) is 0 Å². The normalized spacial score (nSPS) is 12.5. The summed E-state index contributed by atoms with van der Waals surface area (Å²) in [6.45, 7) is 1.49. The van der Waals surface area contributed by atoms with Crippen LogP contribution in [-0.2, 0) is 0 Å². The number of nitrogens with two attached hydrogens (primary N) is 1. The summed E-state index contributed by atoms with van der Waals surface area (Å²) in [6, 6.07) is 7.07. The fourth-order valence-corrected chi connectivity index (χ4v) is 2.39. The van der Waals surface area contributed by atoms with Crippen LogP contribution < -0.4 is 11.3 Å². The maximum atomic E-state index is 14.1. The Morgan fingerprint density at radius 1 is 1.05 bits per heavy atom. The summed E-state index contributed by atoms with van der Waals surface area (Å²) in [5.74, 6) is 3.62. The minimum Gasteiger partial charge on any atom is -0.271 e. The molecule has 0 saturated heterocycles. The molecule has 2 aromatic carbocycles. The molecule has 106 valence electrons. The van der Waals surface area contributed by atoms with Crippen LogP contribution in [0.15, 0.2) is 30.3 Å². The maximum Gasteiger partial charge on any atom is 0.164 e. The average molecular weight is 317 g/mol. The van der Waals surface area contributed by atoms with Crippen molar-refractivity contribution in [2.75, 3.05) is 0 Å². The van der Waals surface area contributed by atoms with Crippen molar-refractivity contribution in [2.24, 2.45) is 5.84 Å². The van der Waals surface area contributed by atoms with E-state index >= 15 is 0 Å². The van der Waals surface area contributed by atoms with Gasteiger partial charge in [0, 0.05) is 5.56 Å². The largest absolute Gasteiger partial charge is 0.271 e. The molecule has 0 fully saturated rings. The molecule has 0 amide bonds. The molecule has 2 rings (SSSR count). The number of halogens is 4. The van der Waals surface area contributed by atoms with Gasteiger partial charge in [0.15, 0.2) is 11.6 Å². The topological polar surface area (TPSA) is 38.0 Å².